The summed E-state index contributed by atoms with van der Waals surface area (Å²) in [6.45, 7) is 4.84. The first-order valence-corrected chi connectivity index (χ1v) is 8.89. The Kier molecular flexibility index (Phi) is 7.37. The number of likely N-dealkylation sites (N-methyl/N-ethyl adjacent to an activating group) is 1. The second kappa shape index (κ2) is 9.73. The smallest absolute Gasteiger partial charge is 0.255 e. The van der Waals surface area contributed by atoms with E-state index in [0.717, 1.165) is 11.3 Å². The number of rotatable bonds is 8. The highest BCUT2D eigenvalue weighted by atomic mass is 16.5. The third-order valence-corrected chi connectivity index (χ3v) is 3.88. The van der Waals surface area contributed by atoms with Crippen LogP contribution in [0.2, 0.25) is 0 Å². The standard InChI is InChI=1S/C21H27N3O3/c1-15(2)22-20(25)14-24(3)13-16-5-7-17(8-6-16)21(26)23-18-9-11-19(27-4)12-10-18/h5-12,15H,13-14H2,1-4H3,(H,22,25)(H,23,26). The number of anilines is 1. The summed E-state index contributed by atoms with van der Waals surface area (Å²) in [4.78, 5) is 26.1. The van der Waals surface area contributed by atoms with Crippen LogP contribution in [0, 0.1) is 0 Å². The number of methoxy groups -OCH3 is 1. The van der Waals surface area contributed by atoms with Gasteiger partial charge in [0.15, 0.2) is 0 Å². The average Bonchev–Trinajstić information content (AvgIpc) is 2.62. The average molecular weight is 369 g/mol. The van der Waals surface area contributed by atoms with Crippen molar-refractivity contribution in [3.05, 3.63) is 59.7 Å². The molecule has 0 radical (unpaired) electrons. The van der Waals surface area contributed by atoms with Gasteiger partial charge < -0.3 is 15.4 Å². The minimum atomic E-state index is -0.170. The summed E-state index contributed by atoms with van der Waals surface area (Å²) in [5, 5.41) is 5.73. The van der Waals surface area contributed by atoms with Crippen LogP contribution in [0.1, 0.15) is 29.8 Å². The summed E-state index contributed by atoms with van der Waals surface area (Å²) >= 11 is 0. The van der Waals surface area contributed by atoms with E-state index < -0.39 is 0 Å². The molecule has 0 aliphatic carbocycles. The van der Waals surface area contributed by atoms with Gasteiger partial charge in [0, 0.05) is 23.8 Å². The van der Waals surface area contributed by atoms with E-state index in [1.54, 1.807) is 43.5 Å². The Hall–Kier alpha value is -2.86. The van der Waals surface area contributed by atoms with Gasteiger partial charge in [0.1, 0.15) is 5.75 Å². The summed E-state index contributed by atoms with van der Waals surface area (Å²) in [7, 11) is 3.49. The Balaban J connectivity index is 1.89. The molecule has 2 aromatic carbocycles. The molecule has 0 aliphatic heterocycles. The molecule has 6 heteroatoms. The third kappa shape index (κ3) is 6.75. The molecular weight excluding hydrogens is 342 g/mol. The van der Waals surface area contributed by atoms with Crippen LogP contribution < -0.4 is 15.4 Å². The Morgan fingerprint density at radius 3 is 2.22 bits per heavy atom. The lowest BCUT2D eigenvalue weighted by Crippen LogP contribution is -2.38. The molecule has 0 saturated carbocycles. The summed E-state index contributed by atoms with van der Waals surface area (Å²) in [6.07, 6.45) is 0. The van der Waals surface area contributed by atoms with Gasteiger partial charge in [-0.3, -0.25) is 14.5 Å². The number of benzene rings is 2. The molecule has 0 bridgehead atoms. The Morgan fingerprint density at radius 1 is 1.04 bits per heavy atom. The SMILES string of the molecule is COc1ccc(NC(=O)c2ccc(CN(C)CC(=O)NC(C)C)cc2)cc1. The van der Waals surface area contributed by atoms with Gasteiger partial charge in [-0.1, -0.05) is 12.1 Å². The molecule has 0 aliphatic rings. The van der Waals surface area contributed by atoms with Gasteiger partial charge in [-0.25, -0.2) is 0 Å². The first-order chi connectivity index (χ1) is 12.9. The number of ether oxygens (including phenoxy) is 1. The van der Waals surface area contributed by atoms with E-state index in [1.807, 2.05) is 37.9 Å². The van der Waals surface area contributed by atoms with E-state index in [0.29, 0.717) is 24.3 Å². The highest BCUT2D eigenvalue weighted by molar-refractivity contribution is 6.04. The second-order valence-corrected chi connectivity index (χ2v) is 6.77. The molecule has 0 fully saturated rings. The van der Waals surface area contributed by atoms with Gasteiger partial charge in [-0.15, -0.1) is 0 Å². The van der Waals surface area contributed by atoms with Crippen molar-refractivity contribution in [1.82, 2.24) is 10.2 Å². The van der Waals surface area contributed by atoms with Crippen molar-refractivity contribution in [2.45, 2.75) is 26.4 Å². The maximum absolute atomic E-state index is 12.3. The van der Waals surface area contributed by atoms with Gasteiger partial charge >= 0.3 is 0 Å². The molecule has 2 N–H and O–H groups in total. The highest BCUT2D eigenvalue weighted by Gasteiger charge is 2.10. The molecular formula is C21H27N3O3. The van der Waals surface area contributed by atoms with Gasteiger partial charge in [0.25, 0.3) is 5.91 Å². The lowest BCUT2D eigenvalue weighted by Gasteiger charge is -2.17. The van der Waals surface area contributed by atoms with E-state index >= 15 is 0 Å². The molecule has 2 aromatic rings. The molecule has 0 spiro atoms. The molecule has 0 unspecified atom stereocenters. The zero-order valence-corrected chi connectivity index (χ0v) is 16.3. The third-order valence-electron chi connectivity index (χ3n) is 3.88. The second-order valence-electron chi connectivity index (χ2n) is 6.77. The lowest BCUT2D eigenvalue weighted by molar-refractivity contribution is -0.122. The minimum absolute atomic E-state index is 0.00277. The number of carbonyl (C=O) groups excluding carboxylic acids is 2. The van der Waals surface area contributed by atoms with E-state index in [9.17, 15) is 9.59 Å². The number of nitrogens with one attached hydrogen (secondary N) is 2. The van der Waals surface area contributed by atoms with Gasteiger partial charge in [-0.05, 0) is 62.9 Å². The Morgan fingerprint density at radius 2 is 1.67 bits per heavy atom. The van der Waals surface area contributed by atoms with Crippen molar-refractivity contribution in [3.63, 3.8) is 0 Å². The molecule has 0 heterocycles. The predicted molar refractivity (Wildman–Crippen MR) is 107 cm³/mol. The summed E-state index contributed by atoms with van der Waals surface area (Å²) < 4.78 is 5.10. The van der Waals surface area contributed by atoms with Crippen molar-refractivity contribution in [2.75, 3.05) is 26.0 Å². The first-order valence-electron chi connectivity index (χ1n) is 8.89. The molecule has 0 aromatic heterocycles. The summed E-state index contributed by atoms with van der Waals surface area (Å²) in [5.41, 5.74) is 2.33. The fraction of sp³-hybridized carbons (Fsp3) is 0.333. The Labute approximate surface area is 160 Å². The Bertz CT molecular complexity index is 755. The van der Waals surface area contributed by atoms with Crippen LogP contribution in [0.15, 0.2) is 48.5 Å². The van der Waals surface area contributed by atoms with Gasteiger partial charge in [0.05, 0.1) is 13.7 Å². The molecule has 2 rings (SSSR count). The van der Waals surface area contributed by atoms with Crippen LogP contribution in [0.25, 0.3) is 0 Å². The van der Waals surface area contributed by atoms with E-state index in [-0.39, 0.29) is 17.9 Å². The van der Waals surface area contributed by atoms with Crippen LogP contribution in [0.5, 0.6) is 5.75 Å². The van der Waals surface area contributed by atoms with Crippen molar-refractivity contribution in [3.8, 4) is 5.75 Å². The fourth-order valence-electron chi connectivity index (χ4n) is 2.62. The number of hydrogen-bond acceptors (Lipinski definition) is 4. The predicted octanol–water partition coefficient (Wildman–Crippen LogP) is 2.90. The molecule has 0 atom stereocenters. The van der Waals surface area contributed by atoms with Crippen LogP contribution in [-0.4, -0.2) is 43.5 Å². The number of hydrogen-bond donors (Lipinski definition) is 2. The number of nitrogens with zero attached hydrogens (tertiary/aromatic N) is 1. The molecule has 6 nitrogen and oxygen atoms in total. The van der Waals surface area contributed by atoms with Crippen molar-refractivity contribution >= 4 is 17.5 Å². The van der Waals surface area contributed by atoms with Crippen LogP contribution in [0.4, 0.5) is 5.69 Å². The van der Waals surface area contributed by atoms with Crippen molar-refractivity contribution < 1.29 is 14.3 Å². The zero-order valence-electron chi connectivity index (χ0n) is 16.3. The molecule has 2 amide bonds. The monoisotopic (exact) mass is 369 g/mol. The normalized spacial score (nSPS) is 10.7. The lowest BCUT2D eigenvalue weighted by atomic mass is 10.1. The van der Waals surface area contributed by atoms with E-state index in [1.165, 1.54) is 0 Å². The number of carbonyl (C=O) groups is 2. The van der Waals surface area contributed by atoms with Crippen molar-refractivity contribution in [1.29, 1.82) is 0 Å². The molecule has 27 heavy (non-hydrogen) atoms. The van der Waals surface area contributed by atoms with E-state index in [4.69, 9.17) is 4.74 Å². The maximum atomic E-state index is 12.3. The topological polar surface area (TPSA) is 70.7 Å². The first kappa shape index (κ1) is 20.5. The summed E-state index contributed by atoms with van der Waals surface area (Å²) in [5.74, 6) is 0.572. The summed E-state index contributed by atoms with van der Waals surface area (Å²) in [6, 6.07) is 14.7. The number of amides is 2. The van der Waals surface area contributed by atoms with Crippen LogP contribution >= 0.6 is 0 Å². The fourth-order valence-corrected chi connectivity index (χ4v) is 2.62. The molecule has 144 valence electrons. The van der Waals surface area contributed by atoms with Gasteiger partial charge in [0.2, 0.25) is 5.91 Å². The zero-order chi connectivity index (χ0) is 19.8. The minimum Gasteiger partial charge on any atom is -0.497 e. The molecule has 0 saturated heterocycles. The maximum Gasteiger partial charge on any atom is 0.255 e. The van der Waals surface area contributed by atoms with Gasteiger partial charge in [-0.2, -0.15) is 0 Å². The van der Waals surface area contributed by atoms with Crippen LogP contribution in [-0.2, 0) is 11.3 Å². The van der Waals surface area contributed by atoms with E-state index in [2.05, 4.69) is 10.6 Å². The van der Waals surface area contributed by atoms with Crippen molar-refractivity contribution in [2.24, 2.45) is 0 Å². The largest absolute Gasteiger partial charge is 0.497 e. The van der Waals surface area contributed by atoms with Crippen LogP contribution in [0.3, 0.4) is 0 Å². The quantitative estimate of drug-likeness (QED) is 0.751. The highest BCUT2D eigenvalue weighted by Crippen LogP contribution is 2.16.